The first kappa shape index (κ1) is 9.91. The van der Waals surface area contributed by atoms with Crippen LogP contribution in [0.1, 0.15) is 13.8 Å². The molecular weight excluding hydrogens is 166 g/mol. The molecule has 0 aromatic carbocycles. The summed E-state index contributed by atoms with van der Waals surface area (Å²) >= 11 is 4.81. The number of hydrogen-bond acceptors (Lipinski definition) is 2. The molecule has 2 N–H and O–H groups in total. The summed E-state index contributed by atoms with van der Waals surface area (Å²) in [6.07, 6.45) is 0. The molecule has 0 unspecified atom stereocenters. The highest BCUT2D eigenvalue weighted by molar-refractivity contribution is 8.58. The maximum Gasteiger partial charge on any atom is 0.165 e. The van der Waals surface area contributed by atoms with Crippen LogP contribution >= 0.6 is 22.2 Å². The summed E-state index contributed by atoms with van der Waals surface area (Å²) in [7, 11) is -1.40. The van der Waals surface area contributed by atoms with E-state index in [-0.39, 0.29) is 0 Å². The molecule has 2 nitrogen and oxygen atoms in total. The Morgan fingerprint density at radius 3 is 2.00 bits per heavy atom. The smallest absolute Gasteiger partial charge is 0.165 e. The van der Waals surface area contributed by atoms with E-state index in [4.69, 9.17) is 18.0 Å². The fraction of sp³-hybridized carbons (Fsp3) is 0.667. The molecule has 0 aliphatic rings. The molecule has 0 heterocycles. The zero-order valence-corrected chi connectivity index (χ0v) is 7.93. The van der Waals surface area contributed by atoms with Crippen molar-refractivity contribution in [2.45, 2.75) is 13.8 Å². The highest BCUT2D eigenvalue weighted by Crippen LogP contribution is 2.43. The Kier molecular flexibility index (Phi) is 3.89. The maximum atomic E-state index is 10.6. The van der Waals surface area contributed by atoms with Crippen LogP contribution in [0.25, 0.3) is 0 Å². The van der Waals surface area contributed by atoms with Gasteiger partial charge in [0, 0.05) is 0 Å². The quantitative estimate of drug-likeness (QED) is 0.524. The van der Waals surface area contributed by atoms with Crippen molar-refractivity contribution in [1.82, 2.24) is 0 Å². The first-order valence-corrected chi connectivity index (χ1v) is 5.60. The fourth-order valence-corrected chi connectivity index (χ4v) is 2.84. The van der Waals surface area contributed by atoms with Crippen molar-refractivity contribution in [1.29, 1.82) is 0 Å². The molecule has 0 saturated carbocycles. The van der Waals surface area contributed by atoms with Crippen LogP contribution in [-0.2, 0) is 4.79 Å². The number of thiocarbonyl (C=S) groups is 1. The van der Waals surface area contributed by atoms with E-state index in [9.17, 15) is 4.79 Å². The van der Waals surface area contributed by atoms with Crippen molar-refractivity contribution in [2.24, 2.45) is 5.73 Å². The number of nitrogens with two attached hydrogens (primary N) is 1. The van der Waals surface area contributed by atoms with E-state index < -0.39 is 10.0 Å². The van der Waals surface area contributed by atoms with Gasteiger partial charge in [-0.2, -0.15) is 0 Å². The zero-order chi connectivity index (χ0) is 8.20. The van der Waals surface area contributed by atoms with Crippen LogP contribution in [0.2, 0.25) is 0 Å². The summed E-state index contributed by atoms with van der Waals surface area (Å²) < 4.78 is 0.396. The minimum Gasteiger partial charge on any atom is -0.386 e. The summed E-state index contributed by atoms with van der Waals surface area (Å²) in [6, 6.07) is 0. The lowest BCUT2D eigenvalue weighted by Gasteiger charge is -2.29. The van der Waals surface area contributed by atoms with E-state index in [0.717, 1.165) is 17.1 Å². The van der Waals surface area contributed by atoms with E-state index in [0.29, 0.717) is 4.32 Å². The topological polar surface area (TPSA) is 43.1 Å². The molecule has 0 bridgehead atoms. The summed E-state index contributed by atoms with van der Waals surface area (Å²) in [6.45, 7) is 3.90. The Labute approximate surface area is 68.5 Å². The van der Waals surface area contributed by atoms with Gasteiger partial charge in [0.05, 0.1) is 0 Å². The van der Waals surface area contributed by atoms with Gasteiger partial charge in [-0.15, -0.1) is 10.0 Å². The van der Waals surface area contributed by atoms with E-state index in [1.807, 2.05) is 13.8 Å². The molecule has 0 aliphatic heterocycles. The predicted molar refractivity (Wildman–Crippen MR) is 52.2 cm³/mol. The van der Waals surface area contributed by atoms with Crippen LogP contribution in [0.15, 0.2) is 0 Å². The lowest BCUT2D eigenvalue weighted by Crippen LogP contribution is -2.23. The minimum absolute atomic E-state index is 0.396. The van der Waals surface area contributed by atoms with Gasteiger partial charge in [-0.1, -0.05) is 26.1 Å². The monoisotopic (exact) mass is 179 g/mol. The summed E-state index contributed by atoms with van der Waals surface area (Å²) in [4.78, 5) is 10.6. The van der Waals surface area contributed by atoms with Gasteiger partial charge in [0.2, 0.25) is 0 Å². The van der Waals surface area contributed by atoms with E-state index in [1.165, 1.54) is 0 Å². The second-order valence-electron chi connectivity index (χ2n) is 1.94. The molecule has 0 rings (SSSR count). The molecule has 60 valence electrons. The van der Waals surface area contributed by atoms with Crippen molar-refractivity contribution in [3.63, 3.8) is 0 Å². The highest BCUT2D eigenvalue weighted by atomic mass is 32.3. The molecule has 0 amide bonds. The predicted octanol–water partition coefficient (Wildman–Crippen LogP) is 1.26. The molecule has 0 aromatic heterocycles. The first-order chi connectivity index (χ1) is 4.63. The van der Waals surface area contributed by atoms with Gasteiger partial charge in [-0.3, -0.25) is 4.79 Å². The molecule has 0 spiro atoms. The third-order valence-corrected chi connectivity index (χ3v) is 5.84. The van der Waals surface area contributed by atoms with Crippen LogP contribution in [0.4, 0.5) is 0 Å². The number of carbonyl (C=O) groups excluding carboxylic acids is 1. The van der Waals surface area contributed by atoms with Crippen LogP contribution in [0.3, 0.4) is 0 Å². The maximum absolute atomic E-state index is 10.6. The Hall–Kier alpha value is -0.0900. The fourth-order valence-electron chi connectivity index (χ4n) is 0.672. The SMILES string of the molecule is CCS(C=O)(CC)C(N)=S. The van der Waals surface area contributed by atoms with Crippen molar-refractivity contribution in [3.05, 3.63) is 0 Å². The Bertz CT molecular complexity index is 143. The molecule has 10 heavy (non-hydrogen) atoms. The zero-order valence-electron chi connectivity index (χ0n) is 6.29. The van der Waals surface area contributed by atoms with Crippen LogP contribution in [0.5, 0.6) is 0 Å². The second kappa shape index (κ2) is 3.93. The van der Waals surface area contributed by atoms with Gasteiger partial charge in [0.1, 0.15) is 4.32 Å². The highest BCUT2D eigenvalue weighted by Gasteiger charge is 2.21. The van der Waals surface area contributed by atoms with Crippen molar-refractivity contribution in [3.8, 4) is 0 Å². The third-order valence-electron chi connectivity index (χ3n) is 1.62. The standard InChI is InChI=1S/C6H13NOS2/c1-3-10(4-2,5-8)6(7)9/h5H,3-4H2,1-2H3,(H2,7,9). The van der Waals surface area contributed by atoms with Gasteiger partial charge in [0.25, 0.3) is 0 Å². The molecule has 0 radical (unpaired) electrons. The average Bonchev–Trinajstić information content (AvgIpc) is 1.92. The Morgan fingerprint density at radius 1 is 1.60 bits per heavy atom. The second-order valence-corrected chi connectivity index (χ2v) is 6.31. The van der Waals surface area contributed by atoms with Crippen molar-refractivity contribution in [2.75, 3.05) is 11.5 Å². The Morgan fingerprint density at radius 2 is 2.00 bits per heavy atom. The molecule has 0 saturated heterocycles. The first-order valence-electron chi connectivity index (χ1n) is 3.16. The normalized spacial score (nSPS) is 12.6. The molecule has 0 fully saturated rings. The number of carbonyl (C=O) groups is 1. The van der Waals surface area contributed by atoms with Crippen LogP contribution in [0, 0.1) is 0 Å². The van der Waals surface area contributed by atoms with Gasteiger partial charge in [-0.05, 0) is 11.5 Å². The molecule has 4 heteroatoms. The Balaban J connectivity index is 4.46. The number of rotatable bonds is 3. The molecule has 0 aromatic rings. The molecule has 0 atom stereocenters. The molecule has 0 aliphatic carbocycles. The van der Waals surface area contributed by atoms with Crippen molar-refractivity contribution >= 4 is 32.2 Å². The third kappa shape index (κ3) is 1.70. The summed E-state index contributed by atoms with van der Waals surface area (Å²) in [5.74, 6) is 1.56. The number of hydrogen-bond donors (Lipinski definition) is 1. The van der Waals surface area contributed by atoms with E-state index in [2.05, 4.69) is 0 Å². The minimum atomic E-state index is -1.40. The van der Waals surface area contributed by atoms with Gasteiger partial charge >= 0.3 is 0 Å². The van der Waals surface area contributed by atoms with E-state index >= 15 is 0 Å². The van der Waals surface area contributed by atoms with Gasteiger partial charge in [-0.25, -0.2) is 0 Å². The summed E-state index contributed by atoms with van der Waals surface area (Å²) in [5.41, 5.74) is 6.38. The van der Waals surface area contributed by atoms with Gasteiger partial charge < -0.3 is 5.73 Å². The van der Waals surface area contributed by atoms with E-state index in [1.54, 1.807) is 0 Å². The lowest BCUT2D eigenvalue weighted by molar-refractivity contribution is 0.569. The largest absolute Gasteiger partial charge is 0.386 e. The average molecular weight is 179 g/mol. The van der Waals surface area contributed by atoms with Gasteiger partial charge in [0.15, 0.2) is 5.62 Å². The van der Waals surface area contributed by atoms with Crippen molar-refractivity contribution < 1.29 is 4.79 Å². The summed E-state index contributed by atoms with van der Waals surface area (Å²) in [5, 5.41) is 0. The molecular formula is C6H13NOS2. The lowest BCUT2D eigenvalue weighted by atomic mass is 11.0. The van der Waals surface area contributed by atoms with Crippen LogP contribution in [-0.4, -0.2) is 21.4 Å². The van der Waals surface area contributed by atoms with Crippen LogP contribution < -0.4 is 5.73 Å².